The first-order valence-corrected chi connectivity index (χ1v) is 10.4. The van der Waals surface area contributed by atoms with Gasteiger partial charge >= 0.3 is 0 Å². The molecular formula is C20H16Cl2N2O3S. The van der Waals surface area contributed by atoms with Crippen molar-refractivity contribution < 1.29 is 13.2 Å². The summed E-state index contributed by atoms with van der Waals surface area (Å²) in [7, 11) is -2.22. The highest BCUT2D eigenvalue weighted by Crippen LogP contribution is 2.26. The molecule has 0 saturated carbocycles. The SMILES string of the molecule is CN(c1ccc(C(=O)Nc2ccc(Cl)cc2Cl)cc1)S(=O)(=O)c1ccccc1. The Kier molecular flexibility index (Phi) is 5.93. The van der Waals surface area contributed by atoms with E-state index in [0.717, 1.165) is 0 Å². The van der Waals surface area contributed by atoms with Crippen LogP contribution in [-0.2, 0) is 10.0 Å². The summed E-state index contributed by atoms with van der Waals surface area (Å²) < 4.78 is 26.5. The highest BCUT2D eigenvalue weighted by atomic mass is 35.5. The Morgan fingerprint density at radius 3 is 2.18 bits per heavy atom. The number of carbonyl (C=O) groups excluding carboxylic acids is 1. The average molecular weight is 435 g/mol. The fraction of sp³-hybridized carbons (Fsp3) is 0.0500. The zero-order chi connectivity index (χ0) is 20.3. The van der Waals surface area contributed by atoms with E-state index in [4.69, 9.17) is 23.2 Å². The van der Waals surface area contributed by atoms with Crippen LogP contribution in [-0.4, -0.2) is 21.4 Å². The van der Waals surface area contributed by atoms with Crippen molar-refractivity contribution >= 4 is 50.5 Å². The van der Waals surface area contributed by atoms with E-state index in [-0.39, 0.29) is 10.8 Å². The molecular weight excluding hydrogens is 419 g/mol. The largest absolute Gasteiger partial charge is 0.321 e. The Morgan fingerprint density at radius 2 is 1.57 bits per heavy atom. The van der Waals surface area contributed by atoms with Gasteiger partial charge in [-0.1, -0.05) is 41.4 Å². The third-order valence-electron chi connectivity index (χ3n) is 4.07. The number of benzene rings is 3. The predicted octanol–water partition coefficient (Wildman–Crippen LogP) is 5.07. The zero-order valence-corrected chi connectivity index (χ0v) is 17.1. The van der Waals surface area contributed by atoms with Gasteiger partial charge in [0.05, 0.1) is 21.3 Å². The van der Waals surface area contributed by atoms with Crippen LogP contribution in [0.5, 0.6) is 0 Å². The summed E-state index contributed by atoms with van der Waals surface area (Å²) in [6.45, 7) is 0. The van der Waals surface area contributed by atoms with Gasteiger partial charge in [0.25, 0.3) is 15.9 Å². The lowest BCUT2D eigenvalue weighted by Gasteiger charge is -2.19. The van der Waals surface area contributed by atoms with E-state index in [2.05, 4.69) is 5.32 Å². The summed E-state index contributed by atoms with van der Waals surface area (Å²) in [4.78, 5) is 12.6. The minimum absolute atomic E-state index is 0.191. The monoisotopic (exact) mass is 434 g/mol. The fourth-order valence-corrected chi connectivity index (χ4v) is 4.17. The molecule has 3 aromatic carbocycles. The van der Waals surface area contributed by atoms with E-state index in [9.17, 15) is 13.2 Å². The van der Waals surface area contributed by atoms with Gasteiger partial charge in [-0.3, -0.25) is 9.10 Å². The molecule has 0 aliphatic rings. The van der Waals surface area contributed by atoms with Crippen molar-refractivity contribution in [1.29, 1.82) is 0 Å². The molecule has 0 fully saturated rings. The van der Waals surface area contributed by atoms with Crippen LogP contribution in [0.2, 0.25) is 10.0 Å². The van der Waals surface area contributed by atoms with Crippen molar-refractivity contribution in [1.82, 2.24) is 0 Å². The lowest BCUT2D eigenvalue weighted by atomic mass is 10.2. The number of nitrogens with one attached hydrogen (secondary N) is 1. The highest BCUT2D eigenvalue weighted by Gasteiger charge is 2.21. The molecule has 1 amide bonds. The van der Waals surface area contributed by atoms with Crippen molar-refractivity contribution in [2.24, 2.45) is 0 Å². The molecule has 0 saturated heterocycles. The number of hydrogen-bond donors (Lipinski definition) is 1. The van der Waals surface area contributed by atoms with Crippen molar-refractivity contribution in [3.63, 3.8) is 0 Å². The smallest absolute Gasteiger partial charge is 0.264 e. The summed E-state index contributed by atoms with van der Waals surface area (Å²) in [5, 5.41) is 3.49. The Morgan fingerprint density at radius 1 is 0.929 bits per heavy atom. The summed E-state index contributed by atoms with van der Waals surface area (Å²) in [5.41, 5.74) is 1.23. The zero-order valence-electron chi connectivity index (χ0n) is 14.8. The number of hydrogen-bond acceptors (Lipinski definition) is 3. The maximum absolute atomic E-state index is 12.7. The minimum Gasteiger partial charge on any atom is -0.321 e. The average Bonchev–Trinajstić information content (AvgIpc) is 2.70. The van der Waals surface area contributed by atoms with Gasteiger partial charge in [0, 0.05) is 17.6 Å². The molecule has 0 spiro atoms. The first-order chi connectivity index (χ1) is 13.3. The molecule has 0 heterocycles. The first-order valence-electron chi connectivity index (χ1n) is 8.19. The van der Waals surface area contributed by atoms with Gasteiger partial charge in [0.2, 0.25) is 0 Å². The maximum atomic E-state index is 12.7. The van der Waals surface area contributed by atoms with E-state index in [0.29, 0.717) is 27.0 Å². The lowest BCUT2D eigenvalue weighted by Crippen LogP contribution is -2.26. The van der Waals surface area contributed by atoms with E-state index >= 15 is 0 Å². The maximum Gasteiger partial charge on any atom is 0.264 e. The summed E-state index contributed by atoms with van der Waals surface area (Å²) in [6.07, 6.45) is 0. The molecule has 0 aliphatic carbocycles. The van der Waals surface area contributed by atoms with Crippen molar-refractivity contribution in [3.8, 4) is 0 Å². The lowest BCUT2D eigenvalue weighted by molar-refractivity contribution is 0.102. The molecule has 3 aromatic rings. The number of sulfonamides is 1. The van der Waals surface area contributed by atoms with Crippen LogP contribution in [0.1, 0.15) is 10.4 Å². The van der Waals surface area contributed by atoms with E-state index < -0.39 is 10.0 Å². The van der Waals surface area contributed by atoms with Crippen LogP contribution < -0.4 is 9.62 Å². The van der Waals surface area contributed by atoms with Crippen LogP contribution in [0.15, 0.2) is 77.7 Å². The molecule has 0 atom stereocenters. The summed E-state index contributed by atoms with van der Waals surface area (Å²) in [5.74, 6) is -0.371. The van der Waals surface area contributed by atoms with Crippen molar-refractivity contribution in [2.45, 2.75) is 4.90 Å². The number of amides is 1. The van der Waals surface area contributed by atoms with E-state index in [1.54, 1.807) is 54.6 Å². The third-order valence-corrected chi connectivity index (χ3v) is 6.42. The Labute approximate surface area is 173 Å². The standard InChI is InChI=1S/C20H16Cl2N2O3S/c1-24(28(26,27)17-5-3-2-4-6-17)16-10-7-14(8-11-16)20(25)23-19-12-9-15(21)13-18(19)22/h2-13H,1H3,(H,23,25). The molecule has 8 heteroatoms. The topological polar surface area (TPSA) is 66.5 Å². The number of anilines is 2. The number of nitrogens with zero attached hydrogens (tertiary/aromatic N) is 1. The normalized spacial score (nSPS) is 11.1. The number of carbonyl (C=O) groups is 1. The molecule has 3 rings (SSSR count). The molecule has 0 unspecified atom stereocenters. The quantitative estimate of drug-likeness (QED) is 0.609. The van der Waals surface area contributed by atoms with E-state index in [1.807, 2.05) is 0 Å². The molecule has 0 aliphatic heterocycles. The van der Waals surface area contributed by atoms with Gasteiger partial charge in [-0.25, -0.2) is 8.42 Å². The molecule has 0 bridgehead atoms. The van der Waals surface area contributed by atoms with Gasteiger partial charge in [-0.05, 0) is 54.6 Å². The second-order valence-electron chi connectivity index (χ2n) is 5.91. The second-order valence-corrected chi connectivity index (χ2v) is 8.72. The Bertz CT molecular complexity index is 1100. The first kappa shape index (κ1) is 20.2. The predicted molar refractivity (Wildman–Crippen MR) is 113 cm³/mol. The number of halogens is 2. The second kappa shape index (κ2) is 8.22. The molecule has 144 valence electrons. The Hall–Kier alpha value is -2.54. The van der Waals surface area contributed by atoms with Gasteiger partial charge in [-0.15, -0.1) is 0 Å². The van der Waals surface area contributed by atoms with Gasteiger partial charge in [0.15, 0.2) is 0 Å². The van der Waals surface area contributed by atoms with Crippen LogP contribution in [0.3, 0.4) is 0 Å². The van der Waals surface area contributed by atoms with Crippen molar-refractivity contribution in [3.05, 3.63) is 88.4 Å². The van der Waals surface area contributed by atoms with Crippen LogP contribution in [0, 0.1) is 0 Å². The highest BCUT2D eigenvalue weighted by molar-refractivity contribution is 7.92. The van der Waals surface area contributed by atoms with Gasteiger partial charge in [0.1, 0.15) is 0 Å². The Balaban J connectivity index is 1.78. The van der Waals surface area contributed by atoms with Gasteiger partial charge < -0.3 is 5.32 Å². The number of rotatable bonds is 5. The molecule has 5 nitrogen and oxygen atoms in total. The molecule has 28 heavy (non-hydrogen) atoms. The van der Waals surface area contributed by atoms with Gasteiger partial charge in [-0.2, -0.15) is 0 Å². The van der Waals surface area contributed by atoms with Crippen molar-refractivity contribution in [2.75, 3.05) is 16.7 Å². The molecule has 1 N–H and O–H groups in total. The van der Waals surface area contributed by atoms with Crippen LogP contribution in [0.4, 0.5) is 11.4 Å². The fourth-order valence-electron chi connectivity index (χ4n) is 2.50. The summed E-state index contributed by atoms with van der Waals surface area (Å²) in [6, 6.07) is 19.1. The third kappa shape index (κ3) is 4.30. The van der Waals surface area contributed by atoms with Crippen LogP contribution >= 0.6 is 23.2 Å². The molecule has 0 radical (unpaired) electrons. The minimum atomic E-state index is -3.68. The summed E-state index contributed by atoms with van der Waals surface area (Å²) >= 11 is 11.9. The van der Waals surface area contributed by atoms with E-state index in [1.165, 1.54) is 29.6 Å². The molecule has 0 aromatic heterocycles. The van der Waals surface area contributed by atoms with Crippen LogP contribution in [0.25, 0.3) is 0 Å².